The van der Waals surface area contributed by atoms with Crippen LogP contribution in [0.5, 0.6) is 0 Å². The van der Waals surface area contributed by atoms with E-state index in [2.05, 4.69) is 31.7 Å². The summed E-state index contributed by atoms with van der Waals surface area (Å²) >= 11 is 14.6. The largest absolute Gasteiger partial charge is 0.332 e. The average molecular weight is 467 g/mol. The van der Waals surface area contributed by atoms with Crippen LogP contribution in [-0.4, -0.2) is 19.8 Å². The Morgan fingerprint density at radius 2 is 2.00 bits per heavy atom. The van der Waals surface area contributed by atoms with Crippen LogP contribution in [0.4, 0.5) is 17.2 Å². The van der Waals surface area contributed by atoms with Crippen LogP contribution in [0.1, 0.15) is 5.56 Å². The molecule has 0 unspecified atom stereocenters. The number of rotatable bonds is 5. The molecule has 1 aromatic heterocycles. The first-order valence-corrected chi connectivity index (χ1v) is 9.28. The van der Waals surface area contributed by atoms with Gasteiger partial charge in [0, 0.05) is 29.0 Å². The highest BCUT2D eigenvalue weighted by Gasteiger charge is 2.10. The van der Waals surface area contributed by atoms with E-state index in [4.69, 9.17) is 23.8 Å². The van der Waals surface area contributed by atoms with Gasteiger partial charge in [-0.05, 0) is 51.9 Å². The number of non-ortho nitro benzene ring substituents is 1. The fourth-order valence-electron chi connectivity index (χ4n) is 2.31. The summed E-state index contributed by atoms with van der Waals surface area (Å²) < 4.78 is 2.49. The van der Waals surface area contributed by atoms with E-state index >= 15 is 0 Å². The van der Waals surface area contributed by atoms with E-state index in [1.54, 1.807) is 16.8 Å². The maximum Gasteiger partial charge on any atom is 0.271 e. The van der Waals surface area contributed by atoms with E-state index in [0.717, 1.165) is 10.0 Å². The minimum Gasteiger partial charge on any atom is -0.332 e. The molecule has 1 heterocycles. The molecule has 0 fully saturated rings. The van der Waals surface area contributed by atoms with Crippen LogP contribution >= 0.6 is 39.7 Å². The summed E-state index contributed by atoms with van der Waals surface area (Å²) in [5.74, 6) is 0.534. The molecule has 7 nitrogen and oxygen atoms in total. The highest BCUT2D eigenvalue weighted by molar-refractivity contribution is 9.10. The number of thiocarbonyl (C=S) groups is 1. The molecule has 3 aromatic rings. The zero-order valence-electron chi connectivity index (χ0n) is 13.7. The van der Waals surface area contributed by atoms with Gasteiger partial charge in [-0.3, -0.25) is 14.8 Å². The van der Waals surface area contributed by atoms with E-state index in [-0.39, 0.29) is 10.8 Å². The Bertz CT molecular complexity index is 993. The molecule has 0 bridgehead atoms. The molecule has 0 radical (unpaired) electrons. The molecule has 0 saturated heterocycles. The van der Waals surface area contributed by atoms with Crippen LogP contribution in [0.3, 0.4) is 0 Å². The highest BCUT2D eigenvalue weighted by atomic mass is 79.9. The number of hydrogen-bond acceptors (Lipinski definition) is 4. The Kier molecular flexibility index (Phi) is 6.04. The Morgan fingerprint density at radius 3 is 2.70 bits per heavy atom. The third-order valence-electron chi connectivity index (χ3n) is 3.52. The van der Waals surface area contributed by atoms with E-state index in [1.165, 1.54) is 12.1 Å². The summed E-state index contributed by atoms with van der Waals surface area (Å²) in [4.78, 5) is 10.4. The van der Waals surface area contributed by atoms with Crippen molar-refractivity contribution in [2.24, 2.45) is 0 Å². The lowest BCUT2D eigenvalue weighted by molar-refractivity contribution is -0.384. The number of benzene rings is 2. The number of halogens is 2. The molecule has 0 aliphatic carbocycles. The number of nitrogens with zero attached hydrogens (tertiary/aromatic N) is 3. The zero-order valence-corrected chi connectivity index (χ0v) is 16.9. The molecule has 10 heteroatoms. The second-order valence-electron chi connectivity index (χ2n) is 5.54. The predicted molar refractivity (Wildman–Crippen MR) is 113 cm³/mol. The van der Waals surface area contributed by atoms with E-state index in [1.807, 2.05) is 30.5 Å². The number of nitro groups is 1. The molecule has 3 rings (SSSR count). The minimum atomic E-state index is -0.462. The maximum atomic E-state index is 10.8. The third kappa shape index (κ3) is 5.25. The van der Waals surface area contributed by atoms with Gasteiger partial charge in [0.2, 0.25) is 0 Å². The zero-order chi connectivity index (χ0) is 19.4. The van der Waals surface area contributed by atoms with Crippen molar-refractivity contribution in [3.63, 3.8) is 0 Å². The van der Waals surface area contributed by atoms with Crippen molar-refractivity contribution in [3.05, 3.63) is 79.9 Å². The number of hydrogen-bond donors (Lipinski definition) is 2. The molecule has 138 valence electrons. The van der Waals surface area contributed by atoms with Gasteiger partial charge >= 0.3 is 0 Å². The fraction of sp³-hybridized carbons (Fsp3) is 0.0588. The molecule has 0 aliphatic heterocycles. The van der Waals surface area contributed by atoms with Crippen molar-refractivity contribution in [2.45, 2.75) is 6.54 Å². The second kappa shape index (κ2) is 8.47. The average Bonchev–Trinajstić information content (AvgIpc) is 2.96. The maximum absolute atomic E-state index is 10.8. The first-order chi connectivity index (χ1) is 12.9. The second-order valence-corrected chi connectivity index (χ2v) is 7.24. The topological polar surface area (TPSA) is 85.0 Å². The van der Waals surface area contributed by atoms with Crippen molar-refractivity contribution in [1.29, 1.82) is 0 Å². The smallest absolute Gasteiger partial charge is 0.271 e. The highest BCUT2D eigenvalue weighted by Crippen LogP contribution is 2.22. The summed E-state index contributed by atoms with van der Waals surface area (Å²) in [6.07, 6.45) is 1.83. The van der Waals surface area contributed by atoms with Crippen molar-refractivity contribution >= 4 is 62.1 Å². The molecular weight excluding hydrogens is 454 g/mol. The molecule has 27 heavy (non-hydrogen) atoms. The Balaban J connectivity index is 1.66. The van der Waals surface area contributed by atoms with Crippen LogP contribution in [0.15, 0.2) is 59.2 Å². The summed E-state index contributed by atoms with van der Waals surface area (Å²) in [6.45, 7) is 0.572. The standard InChI is InChI=1S/C17H13BrClN5O2S/c18-15-10-23(9-11-4-6-12(19)7-5-11)22-16(15)21-17(27)20-13-2-1-3-14(8-13)24(25)26/h1-8,10H,9H2,(H2,20,21,22,27). The normalized spacial score (nSPS) is 10.4. The molecular formula is C17H13BrClN5O2S. The first-order valence-electron chi connectivity index (χ1n) is 7.70. The minimum absolute atomic E-state index is 0.0174. The molecule has 0 saturated carbocycles. The van der Waals surface area contributed by atoms with E-state index < -0.39 is 4.92 Å². The monoisotopic (exact) mass is 465 g/mol. The molecule has 0 atom stereocenters. The molecule has 0 spiro atoms. The van der Waals surface area contributed by atoms with E-state index in [9.17, 15) is 10.1 Å². The lowest BCUT2D eigenvalue weighted by Gasteiger charge is -2.09. The van der Waals surface area contributed by atoms with Gasteiger partial charge in [0.25, 0.3) is 5.69 Å². The Labute approximate surface area is 173 Å². The fourth-order valence-corrected chi connectivity index (χ4v) is 3.06. The van der Waals surface area contributed by atoms with Crippen molar-refractivity contribution < 1.29 is 4.92 Å². The molecule has 2 aromatic carbocycles. The van der Waals surface area contributed by atoms with Crippen LogP contribution in [0, 0.1) is 10.1 Å². The lowest BCUT2D eigenvalue weighted by atomic mass is 10.2. The number of nitro benzene ring substituents is 1. The van der Waals surface area contributed by atoms with Crippen LogP contribution in [-0.2, 0) is 6.54 Å². The number of anilines is 2. The van der Waals surface area contributed by atoms with Crippen molar-refractivity contribution in [3.8, 4) is 0 Å². The van der Waals surface area contributed by atoms with Gasteiger partial charge in [0.1, 0.15) is 0 Å². The van der Waals surface area contributed by atoms with Crippen LogP contribution < -0.4 is 10.6 Å². The van der Waals surface area contributed by atoms with Gasteiger partial charge in [-0.25, -0.2) is 0 Å². The van der Waals surface area contributed by atoms with Crippen molar-refractivity contribution in [1.82, 2.24) is 9.78 Å². The van der Waals surface area contributed by atoms with Crippen molar-refractivity contribution in [2.75, 3.05) is 10.6 Å². The van der Waals surface area contributed by atoms with Gasteiger partial charge in [-0.2, -0.15) is 5.10 Å². The summed E-state index contributed by atoms with van der Waals surface area (Å²) in [5.41, 5.74) is 1.55. The summed E-state index contributed by atoms with van der Waals surface area (Å²) in [7, 11) is 0. The van der Waals surface area contributed by atoms with Gasteiger partial charge in [0.15, 0.2) is 10.9 Å². The van der Waals surface area contributed by atoms with Gasteiger partial charge in [0.05, 0.1) is 15.9 Å². The molecule has 0 aliphatic rings. The first kappa shape index (κ1) is 19.3. The quantitative estimate of drug-likeness (QED) is 0.310. The van der Waals surface area contributed by atoms with Crippen LogP contribution in [0.2, 0.25) is 5.02 Å². The number of nitrogens with one attached hydrogen (secondary N) is 2. The van der Waals surface area contributed by atoms with Crippen LogP contribution in [0.25, 0.3) is 0 Å². The van der Waals surface area contributed by atoms with E-state index in [0.29, 0.717) is 23.1 Å². The Hall–Kier alpha value is -2.49. The number of aromatic nitrogens is 2. The molecule has 0 amide bonds. The summed E-state index contributed by atoms with van der Waals surface area (Å²) in [5, 5.41) is 22.1. The van der Waals surface area contributed by atoms with Gasteiger partial charge < -0.3 is 10.6 Å². The van der Waals surface area contributed by atoms with Gasteiger partial charge in [-0.15, -0.1) is 0 Å². The SMILES string of the molecule is O=[N+]([O-])c1cccc(NC(=S)Nc2nn(Cc3ccc(Cl)cc3)cc2Br)c1. The Morgan fingerprint density at radius 1 is 1.26 bits per heavy atom. The van der Waals surface area contributed by atoms with Gasteiger partial charge in [-0.1, -0.05) is 29.8 Å². The predicted octanol–water partition coefficient (Wildman–Crippen LogP) is 5.06. The lowest BCUT2D eigenvalue weighted by Crippen LogP contribution is -2.19. The molecule has 2 N–H and O–H groups in total. The summed E-state index contributed by atoms with van der Waals surface area (Å²) in [6, 6.07) is 13.6. The third-order valence-corrected chi connectivity index (χ3v) is 4.56.